The summed E-state index contributed by atoms with van der Waals surface area (Å²) in [6.07, 6.45) is 5.56. The van der Waals surface area contributed by atoms with Gasteiger partial charge in [-0.05, 0) is 38.2 Å². The molecule has 1 saturated carbocycles. The molecule has 0 spiro atoms. The first-order valence-corrected chi connectivity index (χ1v) is 8.89. The van der Waals surface area contributed by atoms with Crippen LogP contribution in [0.25, 0.3) is 0 Å². The highest BCUT2D eigenvalue weighted by atomic mass is 35.5. The molecule has 1 aromatic heterocycles. The van der Waals surface area contributed by atoms with E-state index in [2.05, 4.69) is 22.1 Å². The Labute approximate surface area is 147 Å². The molecule has 5 nitrogen and oxygen atoms in total. The summed E-state index contributed by atoms with van der Waals surface area (Å²) in [4.78, 5) is 4.12. The van der Waals surface area contributed by atoms with Gasteiger partial charge in [0.25, 0.3) is 0 Å². The maximum absolute atomic E-state index is 9.70. The molecule has 3 N–H and O–H groups in total. The van der Waals surface area contributed by atoms with Gasteiger partial charge < -0.3 is 20.3 Å². The number of anilines is 1. The number of nitrogens with one attached hydrogen (secondary N) is 1. The molecule has 0 aromatic carbocycles. The van der Waals surface area contributed by atoms with Gasteiger partial charge in [-0.2, -0.15) is 0 Å². The molecule has 130 valence electrons. The monoisotopic (exact) mass is 350 g/mol. The van der Waals surface area contributed by atoms with E-state index in [1.165, 1.54) is 0 Å². The Balaban J connectivity index is 1.71. The predicted molar refractivity (Wildman–Crippen MR) is 93.0 cm³/mol. The van der Waals surface area contributed by atoms with Gasteiger partial charge >= 0.3 is 0 Å². The van der Waals surface area contributed by atoms with Crippen molar-refractivity contribution in [3.63, 3.8) is 0 Å². The molecule has 24 heavy (non-hydrogen) atoms. The third kappa shape index (κ3) is 4.84. The molecule has 3 rings (SSSR count). The van der Waals surface area contributed by atoms with Gasteiger partial charge in [-0.1, -0.05) is 23.4 Å². The Kier molecular flexibility index (Phi) is 5.96. The summed E-state index contributed by atoms with van der Waals surface area (Å²) < 4.78 is 5.57. The lowest BCUT2D eigenvalue weighted by Gasteiger charge is -2.27. The summed E-state index contributed by atoms with van der Waals surface area (Å²) in [6.45, 7) is 0.537. The molecule has 1 aliphatic heterocycles. The number of aliphatic hydroxyl groups excluding tert-OH is 2. The van der Waals surface area contributed by atoms with Crippen LogP contribution in [0.15, 0.2) is 12.3 Å². The molecule has 0 bridgehead atoms. The molecular weight excluding hydrogens is 328 g/mol. The van der Waals surface area contributed by atoms with Gasteiger partial charge in [-0.15, -0.1) is 0 Å². The summed E-state index contributed by atoms with van der Waals surface area (Å²) in [5, 5.41) is 23.2. The molecule has 1 aromatic rings. The average molecular weight is 351 g/mol. The quantitative estimate of drug-likeness (QED) is 0.564. The number of aromatic nitrogens is 1. The second kappa shape index (κ2) is 8.17. The SMILES string of the molecule is OC1CCC(Nc2cc(Cl)ncc2C#CC2CC(O)CCO2)CC1. The van der Waals surface area contributed by atoms with E-state index in [0.29, 0.717) is 30.6 Å². The largest absolute Gasteiger partial charge is 0.393 e. The molecule has 2 atom stereocenters. The zero-order chi connectivity index (χ0) is 16.9. The third-order valence-corrected chi connectivity index (χ3v) is 4.76. The highest BCUT2D eigenvalue weighted by molar-refractivity contribution is 6.29. The van der Waals surface area contributed by atoms with Gasteiger partial charge in [0.2, 0.25) is 0 Å². The number of nitrogens with zero attached hydrogens (tertiary/aromatic N) is 1. The number of pyridine rings is 1. The van der Waals surface area contributed by atoms with Crippen molar-refractivity contribution in [3.8, 4) is 11.8 Å². The number of hydrogen-bond donors (Lipinski definition) is 3. The minimum Gasteiger partial charge on any atom is -0.393 e. The molecule has 2 aliphatic rings. The molecule has 0 radical (unpaired) electrons. The summed E-state index contributed by atoms with van der Waals surface area (Å²) in [5.41, 5.74) is 1.63. The van der Waals surface area contributed by atoms with Gasteiger partial charge in [0.1, 0.15) is 11.3 Å². The number of rotatable bonds is 2. The van der Waals surface area contributed by atoms with Crippen molar-refractivity contribution in [2.24, 2.45) is 0 Å². The summed E-state index contributed by atoms with van der Waals surface area (Å²) >= 11 is 6.03. The van der Waals surface area contributed by atoms with Gasteiger partial charge in [0.15, 0.2) is 0 Å². The van der Waals surface area contributed by atoms with Crippen LogP contribution in [0.2, 0.25) is 5.15 Å². The second-order valence-corrected chi connectivity index (χ2v) is 6.90. The van der Waals surface area contributed by atoms with Crippen molar-refractivity contribution in [3.05, 3.63) is 23.0 Å². The van der Waals surface area contributed by atoms with Crippen LogP contribution in [0.3, 0.4) is 0 Å². The average Bonchev–Trinajstić information content (AvgIpc) is 2.56. The fraction of sp³-hybridized carbons (Fsp3) is 0.611. The first-order valence-electron chi connectivity index (χ1n) is 8.51. The highest BCUT2D eigenvalue weighted by Crippen LogP contribution is 2.25. The van der Waals surface area contributed by atoms with Crippen LogP contribution in [-0.4, -0.2) is 46.2 Å². The summed E-state index contributed by atoms with van der Waals surface area (Å²) in [7, 11) is 0. The van der Waals surface area contributed by atoms with Crippen molar-refractivity contribution < 1.29 is 14.9 Å². The Morgan fingerprint density at radius 3 is 2.71 bits per heavy atom. The zero-order valence-corrected chi connectivity index (χ0v) is 14.3. The lowest BCUT2D eigenvalue weighted by molar-refractivity contribution is -0.0168. The van der Waals surface area contributed by atoms with Crippen molar-refractivity contribution in [1.82, 2.24) is 4.98 Å². The highest BCUT2D eigenvalue weighted by Gasteiger charge is 2.21. The van der Waals surface area contributed by atoms with E-state index in [0.717, 1.165) is 36.9 Å². The Morgan fingerprint density at radius 2 is 1.96 bits per heavy atom. The lowest BCUT2D eigenvalue weighted by atomic mass is 9.93. The number of hydrogen-bond acceptors (Lipinski definition) is 5. The maximum Gasteiger partial charge on any atom is 0.131 e. The zero-order valence-electron chi connectivity index (χ0n) is 13.5. The maximum atomic E-state index is 9.70. The first-order chi connectivity index (χ1) is 11.6. The smallest absolute Gasteiger partial charge is 0.131 e. The minimum absolute atomic E-state index is 0.182. The standard InChI is InChI=1S/C18H23ClN2O3/c19-18-10-17(21-13-2-4-14(22)5-3-13)12(11-20-18)1-6-16-9-15(23)7-8-24-16/h10-11,13-16,22-23H,2-5,7-9H2,(H,20,21). The van der Waals surface area contributed by atoms with Gasteiger partial charge in [-0.3, -0.25) is 0 Å². The van der Waals surface area contributed by atoms with Crippen molar-refractivity contribution in [2.45, 2.75) is 62.9 Å². The molecule has 2 fully saturated rings. The topological polar surface area (TPSA) is 74.6 Å². The van der Waals surface area contributed by atoms with E-state index in [1.807, 2.05) is 0 Å². The lowest BCUT2D eigenvalue weighted by Crippen LogP contribution is -2.28. The van der Waals surface area contributed by atoms with E-state index in [4.69, 9.17) is 16.3 Å². The van der Waals surface area contributed by atoms with Crippen molar-refractivity contribution in [2.75, 3.05) is 11.9 Å². The van der Waals surface area contributed by atoms with E-state index in [-0.39, 0.29) is 18.3 Å². The Morgan fingerprint density at radius 1 is 1.17 bits per heavy atom. The first kappa shape index (κ1) is 17.5. The number of ether oxygens (including phenoxy) is 1. The van der Waals surface area contributed by atoms with E-state index >= 15 is 0 Å². The summed E-state index contributed by atoms with van der Waals surface area (Å²) in [5.74, 6) is 6.19. The van der Waals surface area contributed by atoms with Crippen LogP contribution in [0.5, 0.6) is 0 Å². The molecule has 0 amide bonds. The van der Waals surface area contributed by atoms with Gasteiger partial charge in [0.05, 0.1) is 30.1 Å². The number of halogens is 1. The molecule has 1 aliphatic carbocycles. The van der Waals surface area contributed by atoms with Gasteiger partial charge in [0, 0.05) is 18.7 Å². The van der Waals surface area contributed by atoms with Crippen LogP contribution < -0.4 is 5.32 Å². The Hall–Kier alpha value is -1.32. The Bertz CT molecular complexity index is 620. The van der Waals surface area contributed by atoms with Crippen molar-refractivity contribution in [1.29, 1.82) is 0 Å². The van der Waals surface area contributed by atoms with E-state index in [1.54, 1.807) is 12.3 Å². The normalized spacial score (nSPS) is 30.3. The van der Waals surface area contributed by atoms with Crippen molar-refractivity contribution >= 4 is 17.3 Å². The van der Waals surface area contributed by atoms with E-state index in [9.17, 15) is 10.2 Å². The van der Waals surface area contributed by atoms with Crippen LogP contribution in [-0.2, 0) is 4.74 Å². The molecule has 6 heteroatoms. The molecule has 2 heterocycles. The molecular formula is C18H23ClN2O3. The fourth-order valence-corrected chi connectivity index (χ4v) is 3.29. The molecule has 1 saturated heterocycles. The molecule has 2 unspecified atom stereocenters. The summed E-state index contributed by atoms with van der Waals surface area (Å²) in [6, 6.07) is 2.09. The van der Waals surface area contributed by atoms with Gasteiger partial charge in [-0.25, -0.2) is 4.98 Å². The third-order valence-electron chi connectivity index (χ3n) is 4.55. The number of aliphatic hydroxyl groups is 2. The fourth-order valence-electron chi connectivity index (χ4n) is 3.13. The van der Waals surface area contributed by atoms with Crippen LogP contribution in [0.1, 0.15) is 44.1 Å². The van der Waals surface area contributed by atoms with Crippen LogP contribution in [0.4, 0.5) is 5.69 Å². The second-order valence-electron chi connectivity index (χ2n) is 6.51. The van der Waals surface area contributed by atoms with Crippen LogP contribution in [0, 0.1) is 11.8 Å². The minimum atomic E-state index is -0.340. The van der Waals surface area contributed by atoms with E-state index < -0.39 is 0 Å². The van der Waals surface area contributed by atoms with Crippen LogP contribution >= 0.6 is 11.6 Å². The predicted octanol–water partition coefficient (Wildman–Crippen LogP) is 2.34.